The van der Waals surface area contributed by atoms with Crippen LogP contribution in [-0.4, -0.2) is 19.0 Å². The molecule has 8 heteroatoms. The quantitative estimate of drug-likeness (QED) is 0.463. The molecule has 0 saturated carbocycles. The Bertz CT molecular complexity index is 933. The van der Waals surface area contributed by atoms with Crippen LogP contribution in [0.1, 0.15) is 61.8 Å². The van der Waals surface area contributed by atoms with Gasteiger partial charge in [0.25, 0.3) is 0 Å². The molecule has 0 radical (unpaired) electrons. The molecule has 0 aromatic heterocycles. The van der Waals surface area contributed by atoms with Crippen LogP contribution in [0.5, 0.6) is 11.5 Å². The highest BCUT2D eigenvalue weighted by atomic mass is 32.2. The van der Waals surface area contributed by atoms with E-state index in [1.54, 1.807) is 25.1 Å². The Hall–Kier alpha value is -2.22. The third-order valence-electron chi connectivity index (χ3n) is 4.23. The van der Waals surface area contributed by atoms with Crippen molar-refractivity contribution >= 4 is 10.1 Å². The molecule has 0 aliphatic carbocycles. The van der Waals surface area contributed by atoms with Crippen LogP contribution in [0.15, 0.2) is 36.4 Å². The lowest BCUT2D eigenvalue weighted by Crippen LogP contribution is -2.28. The lowest BCUT2D eigenvalue weighted by molar-refractivity contribution is -0.0500. The van der Waals surface area contributed by atoms with Crippen molar-refractivity contribution in [3.63, 3.8) is 0 Å². The minimum absolute atomic E-state index is 0.193. The topological polar surface area (TPSA) is 63.6 Å². The van der Waals surface area contributed by atoms with Crippen molar-refractivity contribution in [1.82, 2.24) is 0 Å². The van der Waals surface area contributed by atoms with Gasteiger partial charge in [-0.25, -0.2) is 0 Å². The summed E-state index contributed by atoms with van der Waals surface area (Å²) in [5, 5.41) is 9.12. The van der Waals surface area contributed by atoms with E-state index in [1.165, 1.54) is 23.3 Å². The van der Waals surface area contributed by atoms with Gasteiger partial charge in [0.15, 0.2) is 0 Å². The largest absolute Gasteiger partial charge is 0.534 e. The summed E-state index contributed by atoms with van der Waals surface area (Å²) in [5.41, 5.74) is -1.34. The second kappa shape index (κ2) is 9.52. The van der Waals surface area contributed by atoms with Crippen molar-refractivity contribution in [2.75, 3.05) is 0 Å². The molecule has 1 N–H and O–H groups in total. The first-order valence-corrected chi connectivity index (χ1v) is 10.5. The van der Waals surface area contributed by atoms with Gasteiger partial charge in [-0.2, -0.15) is 21.6 Å². The van der Waals surface area contributed by atoms with E-state index >= 15 is 0 Å². The predicted molar refractivity (Wildman–Crippen MR) is 108 cm³/mol. The molecule has 0 aliphatic heterocycles. The molecule has 0 unspecified atom stereocenters. The van der Waals surface area contributed by atoms with Crippen molar-refractivity contribution in [3.05, 3.63) is 58.7 Å². The minimum Gasteiger partial charge on any atom is -0.508 e. The molecule has 0 fully saturated rings. The Balaban J connectivity index is 0.000000326. The summed E-state index contributed by atoms with van der Waals surface area (Å²) in [7, 11) is -5.60. The molecule has 0 aliphatic rings. The van der Waals surface area contributed by atoms with Gasteiger partial charge in [-0.05, 0) is 72.2 Å². The van der Waals surface area contributed by atoms with Gasteiger partial charge in [0, 0.05) is 0 Å². The van der Waals surface area contributed by atoms with E-state index < -0.39 is 15.6 Å². The molecule has 0 amide bonds. The summed E-state index contributed by atoms with van der Waals surface area (Å²) in [6.07, 6.45) is 0. The molecule has 2 rings (SSSR count). The van der Waals surface area contributed by atoms with Gasteiger partial charge >= 0.3 is 15.6 Å². The molecule has 29 heavy (non-hydrogen) atoms. The van der Waals surface area contributed by atoms with Crippen molar-refractivity contribution in [2.45, 2.75) is 58.9 Å². The molecule has 0 heterocycles. The molecule has 162 valence electrons. The van der Waals surface area contributed by atoms with Crippen LogP contribution in [0, 0.1) is 13.8 Å². The minimum atomic E-state index is -5.60. The van der Waals surface area contributed by atoms with Gasteiger partial charge < -0.3 is 9.29 Å². The summed E-state index contributed by atoms with van der Waals surface area (Å²) < 4.78 is 62.0. The highest BCUT2D eigenvalue weighted by molar-refractivity contribution is 7.88. The highest BCUT2D eigenvalue weighted by Gasteiger charge is 2.48. The third-order valence-corrected chi connectivity index (χ3v) is 5.21. The summed E-state index contributed by atoms with van der Waals surface area (Å²) in [4.78, 5) is 0. The normalized spacial score (nSPS) is 12.0. The number of hydrogen-bond acceptors (Lipinski definition) is 4. The first kappa shape index (κ1) is 24.8. The van der Waals surface area contributed by atoms with Crippen LogP contribution in [0.4, 0.5) is 13.2 Å². The highest BCUT2D eigenvalue weighted by Crippen LogP contribution is 2.29. The molecule has 2 aromatic carbocycles. The fourth-order valence-electron chi connectivity index (χ4n) is 2.83. The van der Waals surface area contributed by atoms with Gasteiger partial charge in [-0.3, -0.25) is 0 Å². The average molecular weight is 433 g/mol. The van der Waals surface area contributed by atoms with Crippen LogP contribution in [0.2, 0.25) is 0 Å². The monoisotopic (exact) mass is 432 g/mol. The number of aromatic hydroxyl groups is 1. The maximum Gasteiger partial charge on any atom is 0.534 e. The molecular weight excluding hydrogens is 405 g/mol. The van der Waals surface area contributed by atoms with Crippen molar-refractivity contribution in [1.29, 1.82) is 0 Å². The van der Waals surface area contributed by atoms with E-state index in [-0.39, 0.29) is 11.7 Å². The number of phenols is 1. The van der Waals surface area contributed by atoms with E-state index in [4.69, 9.17) is 5.11 Å². The number of hydrogen-bond donors (Lipinski definition) is 1. The lowest BCUT2D eigenvalue weighted by atomic mass is 9.98. The van der Waals surface area contributed by atoms with Crippen LogP contribution in [0.3, 0.4) is 0 Å². The number of alkyl halides is 3. The van der Waals surface area contributed by atoms with Crippen LogP contribution in [-0.2, 0) is 10.1 Å². The van der Waals surface area contributed by atoms with Gasteiger partial charge in [0.05, 0.1) is 0 Å². The van der Waals surface area contributed by atoms with Crippen molar-refractivity contribution in [3.8, 4) is 11.5 Å². The fourth-order valence-corrected chi connectivity index (χ4v) is 3.28. The third kappa shape index (κ3) is 6.96. The fraction of sp³-hybridized carbons (Fsp3) is 0.429. The summed E-state index contributed by atoms with van der Waals surface area (Å²) >= 11 is 0. The molecule has 0 spiro atoms. The zero-order valence-electron chi connectivity index (χ0n) is 17.3. The summed E-state index contributed by atoms with van der Waals surface area (Å²) in [6.45, 7) is 11.9. The van der Waals surface area contributed by atoms with E-state index in [0.717, 1.165) is 5.56 Å². The van der Waals surface area contributed by atoms with Crippen LogP contribution >= 0.6 is 0 Å². The zero-order chi connectivity index (χ0) is 22.6. The van der Waals surface area contributed by atoms with E-state index in [1.807, 2.05) is 26.8 Å². The number of phenolic OH excluding ortho intramolecular Hbond substituents is 1. The Kier molecular flexibility index (Phi) is 8.15. The second-order valence-corrected chi connectivity index (χ2v) is 8.89. The number of halogens is 3. The first-order chi connectivity index (χ1) is 13.2. The summed E-state index contributed by atoms with van der Waals surface area (Å²) in [5.74, 6) is 0.745. The molecular formula is C21H27F3O4S. The average Bonchev–Trinajstić information content (AvgIpc) is 2.53. The Morgan fingerprint density at radius 1 is 0.862 bits per heavy atom. The van der Waals surface area contributed by atoms with Gasteiger partial charge in [0.1, 0.15) is 11.5 Å². The Labute approximate surface area is 170 Å². The van der Waals surface area contributed by atoms with Gasteiger partial charge in [0.2, 0.25) is 0 Å². The van der Waals surface area contributed by atoms with Gasteiger partial charge in [-0.15, -0.1) is 0 Å². The van der Waals surface area contributed by atoms with Crippen LogP contribution < -0.4 is 4.18 Å². The number of rotatable bonds is 4. The van der Waals surface area contributed by atoms with Crippen molar-refractivity contribution < 1.29 is 30.9 Å². The summed E-state index contributed by atoms with van der Waals surface area (Å²) in [6, 6.07) is 9.57. The van der Waals surface area contributed by atoms with Crippen molar-refractivity contribution in [2.24, 2.45) is 0 Å². The maximum atomic E-state index is 12.1. The molecule has 4 nitrogen and oxygen atoms in total. The van der Waals surface area contributed by atoms with Crippen LogP contribution in [0.25, 0.3) is 0 Å². The molecule has 0 bridgehead atoms. The zero-order valence-corrected chi connectivity index (χ0v) is 18.1. The number of benzene rings is 2. The molecule has 0 atom stereocenters. The van der Waals surface area contributed by atoms with E-state index in [9.17, 15) is 21.6 Å². The molecule has 0 saturated heterocycles. The van der Waals surface area contributed by atoms with E-state index in [2.05, 4.69) is 18.0 Å². The lowest BCUT2D eigenvalue weighted by Gasteiger charge is -2.13. The Morgan fingerprint density at radius 3 is 1.69 bits per heavy atom. The number of aryl methyl sites for hydroxylation is 2. The Morgan fingerprint density at radius 2 is 1.31 bits per heavy atom. The second-order valence-electron chi connectivity index (χ2n) is 7.35. The standard InChI is InChI=1S/C11H13F3O3S.C10H14O/c1-7(2)10-5-4-9(6-8(10)3)17-18(15,16)11(12,13)14;1-7(2)10-5-4-9(11)6-8(10)3/h4-7H,1-3H3;4-7,11H,1-3H3. The first-order valence-electron chi connectivity index (χ1n) is 9.06. The van der Waals surface area contributed by atoms with Gasteiger partial charge in [-0.1, -0.05) is 39.8 Å². The van der Waals surface area contributed by atoms with E-state index in [0.29, 0.717) is 17.2 Å². The smallest absolute Gasteiger partial charge is 0.508 e. The molecule has 2 aromatic rings. The SMILES string of the molecule is Cc1cc(O)ccc1C(C)C.Cc1cc(OS(=O)(=O)C(F)(F)F)ccc1C(C)C. The maximum absolute atomic E-state index is 12.1. The predicted octanol–water partition coefficient (Wildman–Crippen LogP) is 6.17.